The molecular weight excluding hydrogens is 138 g/mol. The predicted molar refractivity (Wildman–Crippen MR) is 43.8 cm³/mol. The Labute approximate surface area is 65.1 Å². The molecule has 0 aromatic heterocycles. The lowest BCUT2D eigenvalue weighted by Gasteiger charge is -2.17. The van der Waals surface area contributed by atoms with E-state index in [0.717, 1.165) is 5.56 Å². The Balaban J connectivity index is 2.46. The zero-order valence-corrected chi connectivity index (χ0v) is 6.07. The monoisotopic (exact) mass is 147 g/mol. The SMILES string of the molecule is NN1Cc2ccccc2C=N1. The van der Waals surface area contributed by atoms with E-state index in [-0.39, 0.29) is 0 Å². The molecule has 0 saturated heterocycles. The number of nitrogens with zero attached hydrogens (tertiary/aromatic N) is 2. The van der Waals surface area contributed by atoms with Crippen molar-refractivity contribution in [3.8, 4) is 0 Å². The van der Waals surface area contributed by atoms with Gasteiger partial charge < -0.3 is 0 Å². The van der Waals surface area contributed by atoms with Gasteiger partial charge in [0.25, 0.3) is 0 Å². The van der Waals surface area contributed by atoms with Crippen molar-refractivity contribution in [3.63, 3.8) is 0 Å². The average molecular weight is 147 g/mol. The Morgan fingerprint density at radius 3 is 3.09 bits per heavy atom. The Hall–Kier alpha value is -1.35. The first-order chi connectivity index (χ1) is 5.36. The van der Waals surface area contributed by atoms with Crippen LogP contribution in [-0.4, -0.2) is 11.3 Å². The molecule has 0 aliphatic carbocycles. The minimum absolute atomic E-state index is 0.701. The van der Waals surface area contributed by atoms with Crippen molar-refractivity contribution in [1.29, 1.82) is 0 Å². The molecule has 3 heteroatoms. The van der Waals surface area contributed by atoms with Crippen LogP contribution in [0.2, 0.25) is 0 Å². The Morgan fingerprint density at radius 1 is 1.36 bits per heavy atom. The van der Waals surface area contributed by atoms with Gasteiger partial charge in [-0.15, -0.1) is 0 Å². The number of hydrazine groups is 1. The van der Waals surface area contributed by atoms with Gasteiger partial charge in [0, 0.05) is 0 Å². The number of rotatable bonds is 0. The number of benzene rings is 1. The largest absolute Gasteiger partial charge is 0.231 e. The standard InChI is InChI=1S/C8H9N3/c9-11-6-8-4-2-1-3-7(8)5-10-11/h1-5H,6,9H2. The first kappa shape index (κ1) is 6.37. The minimum Gasteiger partial charge on any atom is -0.231 e. The van der Waals surface area contributed by atoms with Crippen LogP contribution in [0.25, 0.3) is 0 Å². The summed E-state index contributed by atoms with van der Waals surface area (Å²) < 4.78 is 0. The molecule has 1 heterocycles. The van der Waals surface area contributed by atoms with Crippen LogP contribution >= 0.6 is 0 Å². The van der Waals surface area contributed by atoms with Crippen molar-refractivity contribution in [2.24, 2.45) is 10.9 Å². The van der Waals surface area contributed by atoms with Gasteiger partial charge in [-0.3, -0.25) is 0 Å². The molecule has 0 saturated carbocycles. The maximum absolute atomic E-state index is 5.48. The highest BCUT2D eigenvalue weighted by Crippen LogP contribution is 2.11. The first-order valence-corrected chi connectivity index (χ1v) is 3.50. The molecule has 1 aromatic carbocycles. The molecule has 0 atom stereocenters. The van der Waals surface area contributed by atoms with Crippen molar-refractivity contribution in [2.75, 3.05) is 0 Å². The van der Waals surface area contributed by atoms with Gasteiger partial charge in [-0.05, 0) is 11.1 Å². The van der Waals surface area contributed by atoms with E-state index in [1.54, 1.807) is 6.21 Å². The van der Waals surface area contributed by atoms with Crippen molar-refractivity contribution in [3.05, 3.63) is 35.4 Å². The summed E-state index contributed by atoms with van der Waals surface area (Å²) in [4.78, 5) is 0. The number of hydrazone groups is 1. The van der Waals surface area contributed by atoms with Crippen LogP contribution in [0.1, 0.15) is 11.1 Å². The summed E-state index contributed by atoms with van der Waals surface area (Å²) in [6.45, 7) is 0.701. The van der Waals surface area contributed by atoms with Gasteiger partial charge in [0.2, 0.25) is 0 Å². The fourth-order valence-electron chi connectivity index (χ4n) is 1.16. The summed E-state index contributed by atoms with van der Waals surface area (Å²) in [5.74, 6) is 5.48. The molecule has 56 valence electrons. The van der Waals surface area contributed by atoms with Crippen LogP contribution in [0.5, 0.6) is 0 Å². The van der Waals surface area contributed by atoms with Crippen molar-refractivity contribution >= 4 is 6.21 Å². The van der Waals surface area contributed by atoms with Crippen molar-refractivity contribution < 1.29 is 0 Å². The summed E-state index contributed by atoms with van der Waals surface area (Å²) in [5.41, 5.74) is 2.39. The molecule has 1 aliphatic rings. The second-order valence-corrected chi connectivity index (χ2v) is 2.54. The molecule has 1 aliphatic heterocycles. The van der Waals surface area contributed by atoms with Gasteiger partial charge >= 0.3 is 0 Å². The molecule has 2 N–H and O–H groups in total. The third kappa shape index (κ3) is 1.10. The quantitative estimate of drug-likeness (QED) is 0.549. The van der Waals surface area contributed by atoms with Crippen LogP contribution in [0.4, 0.5) is 0 Å². The van der Waals surface area contributed by atoms with E-state index < -0.39 is 0 Å². The Bertz CT molecular complexity index is 293. The van der Waals surface area contributed by atoms with Gasteiger partial charge in [0.05, 0.1) is 12.8 Å². The second-order valence-electron chi connectivity index (χ2n) is 2.54. The smallest absolute Gasteiger partial charge is 0.0787 e. The van der Waals surface area contributed by atoms with Gasteiger partial charge in [-0.25, -0.2) is 11.0 Å². The summed E-state index contributed by atoms with van der Waals surface area (Å²) >= 11 is 0. The van der Waals surface area contributed by atoms with Crippen LogP contribution in [-0.2, 0) is 6.54 Å². The van der Waals surface area contributed by atoms with Gasteiger partial charge in [0.15, 0.2) is 0 Å². The minimum atomic E-state index is 0.701. The highest BCUT2D eigenvalue weighted by Gasteiger charge is 2.06. The second kappa shape index (κ2) is 2.36. The molecule has 11 heavy (non-hydrogen) atoms. The molecule has 2 rings (SSSR count). The molecule has 0 amide bonds. The molecule has 3 nitrogen and oxygen atoms in total. The Kier molecular flexibility index (Phi) is 1.36. The van der Waals surface area contributed by atoms with Gasteiger partial charge in [-0.1, -0.05) is 24.3 Å². The lowest BCUT2D eigenvalue weighted by molar-refractivity contribution is 0.287. The number of nitrogens with two attached hydrogens (primary N) is 1. The average Bonchev–Trinajstić information content (AvgIpc) is 2.04. The maximum Gasteiger partial charge on any atom is 0.0787 e. The molecule has 0 spiro atoms. The van der Waals surface area contributed by atoms with Crippen LogP contribution in [0.3, 0.4) is 0 Å². The normalized spacial score (nSPS) is 14.8. The molecule has 0 fully saturated rings. The summed E-state index contributed by atoms with van der Waals surface area (Å²) in [6.07, 6.45) is 1.78. The highest BCUT2D eigenvalue weighted by molar-refractivity contribution is 5.82. The van der Waals surface area contributed by atoms with Gasteiger partial charge in [0.1, 0.15) is 0 Å². The maximum atomic E-state index is 5.48. The van der Waals surface area contributed by atoms with Crippen LogP contribution < -0.4 is 5.84 Å². The Morgan fingerprint density at radius 2 is 2.18 bits per heavy atom. The molecular formula is C8H9N3. The molecule has 0 radical (unpaired) electrons. The summed E-state index contributed by atoms with van der Waals surface area (Å²) in [7, 11) is 0. The third-order valence-electron chi connectivity index (χ3n) is 1.73. The molecule has 0 bridgehead atoms. The fraction of sp³-hybridized carbons (Fsp3) is 0.125. The fourth-order valence-corrected chi connectivity index (χ4v) is 1.16. The zero-order chi connectivity index (χ0) is 7.68. The molecule has 1 aromatic rings. The third-order valence-corrected chi connectivity index (χ3v) is 1.73. The molecule has 0 unspecified atom stereocenters. The van der Waals surface area contributed by atoms with Crippen molar-refractivity contribution in [2.45, 2.75) is 6.54 Å². The zero-order valence-electron chi connectivity index (χ0n) is 6.07. The van der Waals surface area contributed by atoms with Crippen LogP contribution in [0.15, 0.2) is 29.4 Å². The highest BCUT2D eigenvalue weighted by atomic mass is 15.6. The van der Waals surface area contributed by atoms with Crippen molar-refractivity contribution in [1.82, 2.24) is 5.12 Å². The van der Waals surface area contributed by atoms with E-state index in [1.165, 1.54) is 10.7 Å². The van der Waals surface area contributed by atoms with E-state index in [0.29, 0.717) is 6.54 Å². The number of hydrogen-bond acceptors (Lipinski definition) is 3. The topological polar surface area (TPSA) is 41.6 Å². The first-order valence-electron chi connectivity index (χ1n) is 3.50. The number of fused-ring (bicyclic) bond motifs is 1. The van der Waals surface area contributed by atoms with E-state index in [1.807, 2.05) is 18.2 Å². The lowest BCUT2D eigenvalue weighted by atomic mass is 10.1. The lowest BCUT2D eigenvalue weighted by Crippen LogP contribution is -2.27. The van der Waals surface area contributed by atoms with E-state index in [9.17, 15) is 0 Å². The summed E-state index contributed by atoms with van der Waals surface area (Å²) in [5, 5.41) is 5.39. The van der Waals surface area contributed by atoms with Gasteiger partial charge in [-0.2, -0.15) is 5.10 Å². The summed E-state index contributed by atoms with van der Waals surface area (Å²) in [6, 6.07) is 8.09. The van der Waals surface area contributed by atoms with E-state index in [4.69, 9.17) is 5.84 Å². The van der Waals surface area contributed by atoms with E-state index >= 15 is 0 Å². The van der Waals surface area contributed by atoms with E-state index in [2.05, 4.69) is 11.2 Å². The van der Waals surface area contributed by atoms with Crippen LogP contribution in [0, 0.1) is 0 Å². The number of hydrogen-bond donors (Lipinski definition) is 1. The predicted octanol–water partition coefficient (Wildman–Crippen LogP) is 0.710.